The van der Waals surface area contributed by atoms with Gasteiger partial charge in [0.1, 0.15) is 5.82 Å². The van der Waals surface area contributed by atoms with Gasteiger partial charge in [0, 0.05) is 12.4 Å². The SMILES string of the molecule is CCCc1cc2cccc(C(F)(F)F)c2nc1NC. The number of aryl methyl sites for hydroxylation is 1. The number of rotatable bonds is 3. The number of hydrogen-bond acceptors (Lipinski definition) is 2. The van der Waals surface area contributed by atoms with Crippen LogP contribution in [0.2, 0.25) is 0 Å². The summed E-state index contributed by atoms with van der Waals surface area (Å²) in [6.07, 6.45) is -2.68. The van der Waals surface area contributed by atoms with Gasteiger partial charge in [-0.1, -0.05) is 25.5 Å². The fourth-order valence-electron chi connectivity index (χ4n) is 2.15. The summed E-state index contributed by atoms with van der Waals surface area (Å²) >= 11 is 0. The van der Waals surface area contributed by atoms with E-state index in [2.05, 4.69) is 10.3 Å². The Balaban J connectivity index is 2.70. The van der Waals surface area contributed by atoms with Crippen molar-refractivity contribution in [3.8, 4) is 0 Å². The lowest BCUT2D eigenvalue weighted by Crippen LogP contribution is -2.08. The molecule has 1 N–H and O–H groups in total. The van der Waals surface area contributed by atoms with Crippen molar-refractivity contribution in [3.05, 3.63) is 35.4 Å². The van der Waals surface area contributed by atoms with Gasteiger partial charge in [-0.25, -0.2) is 4.98 Å². The summed E-state index contributed by atoms with van der Waals surface area (Å²) in [5, 5.41) is 3.40. The molecule has 0 saturated carbocycles. The van der Waals surface area contributed by atoms with Gasteiger partial charge in [-0.15, -0.1) is 0 Å². The molecule has 0 aliphatic rings. The van der Waals surface area contributed by atoms with Crippen molar-refractivity contribution >= 4 is 16.7 Å². The van der Waals surface area contributed by atoms with Crippen molar-refractivity contribution < 1.29 is 13.2 Å². The van der Waals surface area contributed by atoms with Gasteiger partial charge < -0.3 is 5.32 Å². The average molecular weight is 268 g/mol. The molecule has 0 saturated heterocycles. The van der Waals surface area contributed by atoms with Gasteiger partial charge in [-0.3, -0.25) is 0 Å². The van der Waals surface area contributed by atoms with Crippen LogP contribution in [0.1, 0.15) is 24.5 Å². The molecule has 0 amide bonds. The van der Waals surface area contributed by atoms with Crippen molar-refractivity contribution in [1.29, 1.82) is 0 Å². The molecule has 0 atom stereocenters. The highest BCUT2D eigenvalue weighted by Crippen LogP contribution is 2.35. The molecule has 102 valence electrons. The highest BCUT2D eigenvalue weighted by atomic mass is 19.4. The van der Waals surface area contributed by atoms with E-state index in [0.717, 1.165) is 24.5 Å². The summed E-state index contributed by atoms with van der Waals surface area (Å²) in [7, 11) is 1.67. The molecule has 2 rings (SSSR count). The number of nitrogens with zero attached hydrogens (tertiary/aromatic N) is 1. The molecule has 0 bridgehead atoms. The Morgan fingerprint density at radius 1 is 1.26 bits per heavy atom. The molecule has 0 radical (unpaired) electrons. The minimum atomic E-state index is -4.39. The first kappa shape index (κ1) is 13.6. The summed E-state index contributed by atoms with van der Waals surface area (Å²) in [5.74, 6) is 0.519. The molecule has 0 aliphatic heterocycles. The monoisotopic (exact) mass is 268 g/mol. The second-order valence-corrected chi connectivity index (χ2v) is 4.37. The number of fused-ring (bicyclic) bond motifs is 1. The zero-order valence-corrected chi connectivity index (χ0v) is 10.8. The maximum absolute atomic E-state index is 12.9. The van der Waals surface area contributed by atoms with Crippen LogP contribution in [0.3, 0.4) is 0 Å². The smallest absolute Gasteiger partial charge is 0.373 e. The molecule has 1 aromatic carbocycles. The number of para-hydroxylation sites is 1. The summed E-state index contributed by atoms with van der Waals surface area (Å²) in [5.41, 5.74) is 0.251. The zero-order chi connectivity index (χ0) is 14.0. The molecule has 1 heterocycles. The predicted octanol–water partition coefficient (Wildman–Crippen LogP) is 4.25. The van der Waals surface area contributed by atoms with Crippen LogP contribution >= 0.6 is 0 Å². The Labute approximate surface area is 109 Å². The van der Waals surface area contributed by atoms with Crippen LogP contribution in [0.5, 0.6) is 0 Å². The standard InChI is InChI=1S/C14H15F3N2/c1-3-5-10-8-9-6-4-7-11(14(15,16)17)12(9)19-13(10)18-2/h4,6-8H,3,5H2,1-2H3,(H,18,19). The van der Waals surface area contributed by atoms with Crippen molar-refractivity contribution in [1.82, 2.24) is 4.98 Å². The van der Waals surface area contributed by atoms with Crippen LogP contribution in [0.4, 0.5) is 19.0 Å². The first-order chi connectivity index (χ1) is 8.97. The lowest BCUT2D eigenvalue weighted by Gasteiger charge is -2.13. The van der Waals surface area contributed by atoms with E-state index in [0.29, 0.717) is 11.2 Å². The first-order valence-corrected chi connectivity index (χ1v) is 6.15. The average Bonchev–Trinajstić information content (AvgIpc) is 2.36. The van der Waals surface area contributed by atoms with Gasteiger partial charge in [0.15, 0.2) is 0 Å². The molecular weight excluding hydrogens is 253 g/mol. The number of hydrogen-bond donors (Lipinski definition) is 1. The van der Waals surface area contributed by atoms with Crippen LogP contribution in [-0.2, 0) is 12.6 Å². The van der Waals surface area contributed by atoms with E-state index >= 15 is 0 Å². The van der Waals surface area contributed by atoms with Gasteiger partial charge in [-0.05, 0) is 24.1 Å². The lowest BCUT2D eigenvalue weighted by molar-refractivity contribution is -0.136. The third-order valence-electron chi connectivity index (χ3n) is 2.99. The third kappa shape index (κ3) is 2.64. The Bertz CT molecular complexity index is 591. The molecule has 0 unspecified atom stereocenters. The predicted molar refractivity (Wildman–Crippen MR) is 70.3 cm³/mol. The number of halogens is 3. The first-order valence-electron chi connectivity index (χ1n) is 6.15. The molecule has 0 fully saturated rings. The molecule has 0 aliphatic carbocycles. The van der Waals surface area contributed by atoms with Crippen LogP contribution < -0.4 is 5.32 Å². The normalized spacial score (nSPS) is 11.8. The van der Waals surface area contributed by atoms with E-state index in [1.54, 1.807) is 19.2 Å². The van der Waals surface area contributed by atoms with Crippen molar-refractivity contribution in [2.75, 3.05) is 12.4 Å². The minimum absolute atomic E-state index is 0.000738. The van der Waals surface area contributed by atoms with Crippen molar-refractivity contribution in [2.45, 2.75) is 25.9 Å². The van der Waals surface area contributed by atoms with E-state index < -0.39 is 11.7 Å². The van der Waals surface area contributed by atoms with E-state index in [1.807, 2.05) is 6.92 Å². The summed E-state index contributed by atoms with van der Waals surface area (Å²) < 4.78 is 38.8. The highest BCUT2D eigenvalue weighted by molar-refractivity contribution is 5.85. The molecule has 2 nitrogen and oxygen atoms in total. The summed E-state index contributed by atoms with van der Waals surface area (Å²) in [6, 6.07) is 5.93. The second kappa shape index (κ2) is 5.07. The van der Waals surface area contributed by atoms with Gasteiger partial charge in [0.25, 0.3) is 0 Å². The highest BCUT2D eigenvalue weighted by Gasteiger charge is 2.33. The summed E-state index contributed by atoms with van der Waals surface area (Å²) in [6.45, 7) is 2.02. The van der Waals surface area contributed by atoms with Crippen LogP contribution in [0, 0.1) is 0 Å². The van der Waals surface area contributed by atoms with Crippen molar-refractivity contribution in [2.24, 2.45) is 0 Å². The Morgan fingerprint density at radius 2 is 2.00 bits per heavy atom. The largest absolute Gasteiger partial charge is 0.418 e. The van der Waals surface area contributed by atoms with Crippen LogP contribution in [0.25, 0.3) is 10.9 Å². The molecule has 19 heavy (non-hydrogen) atoms. The van der Waals surface area contributed by atoms with E-state index in [4.69, 9.17) is 0 Å². The zero-order valence-electron chi connectivity index (χ0n) is 10.8. The minimum Gasteiger partial charge on any atom is -0.373 e. The van der Waals surface area contributed by atoms with Gasteiger partial charge in [0.2, 0.25) is 0 Å². The molecule has 2 aromatic rings. The van der Waals surface area contributed by atoms with E-state index in [1.165, 1.54) is 6.07 Å². The number of anilines is 1. The number of pyridine rings is 1. The number of aromatic nitrogens is 1. The Hall–Kier alpha value is -1.78. The lowest BCUT2D eigenvalue weighted by atomic mass is 10.0. The van der Waals surface area contributed by atoms with Gasteiger partial charge >= 0.3 is 6.18 Å². The fraction of sp³-hybridized carbons (Fsp3) is 0.357. The maximum Gasteiger partial charge on any atom is 0.418 e. The third-order valence-corrected chi connectivity index (χ3v) is 2.99. The summed E-state index contributed by atoms with van der Waals surface area (Å²) in [4.78, 5) is 4.15. The van der Waals surface area contributed by atoms with Crippen LogP contribution in [-0.4, -0.2) is 12.0 Å². The quantitative estimate of drug-likeness (QED) is 0.900. The van der Waals surface area contributed by atoms with Gasteiger partial charge in [0.05, 0.1) is 11.1 Å². The van der Waals surface area contributed by atoms with Crippen molar-refractivity contribution in [3.63, 3.8) is 0 Å². The van der Waals surface area contributed by atoms with Gasteiger partial charge in [-0.2, -0.15) is 13.2 Å². The number of alkyl halides is 3. The van der Waals surface area contributed by atoms with E-state index in [9.17, 15) is 13.2 Å². The molecule has 5 heteroatoms. The maximum atomic E-state index is 12.9. The Kier molecular flexibility index (Phi) is 3.64. The van der Waals surface area contributed by atoms with Crippen LogP contribution in [0.15, 0.2) is 24.3 Å². The second-order valence-electron chi connectivity index (χ2n) is 4.37. The molecular formula is C14H15F3N2. The molecule has 1 aromatic heterocycles. The molecule has 0 spiro atoms. The van der Waals surface area contributed by atoms with E-state index in [-0.39, 0.29) is 5.52 Å². The number of benzene rings is 1. The topological polar surface area (TPSA) is 24.9 Å². The Morgan fingerprint density at radius 3 is 2.58 bits per heavy atom. The number of nitrogens with one attached hydrogen (secondary N) is 1. The fourth-order valence-corrected chi connectivity index (χ4v) is 2.15.